The average Bonchev–Trinajstić information content (AvgIpc) is 2.86. The van der Waals surface area contributed by atoms with Crippen molar-refractivity contribution in [3.63, 3.8) is 0 Å². The molecule has 6 nitrogen and oxygen atoms in total. The monoisotopic (exact) mass is 441 g/mol. The molecule has 0 unspecified atom stereocenters. The Bertz CT molecular complexity index is 1150. The second-order valence-corrected chi connectivity index (χ2v) is 7.64. The molecule has 0 saturated carbocycles. The number of piperazine rings is 1. The van der Waals surface area contributed by atoms with Crippen LogP contribution >= 0.6 is 0 Å². The van der Waals surface area contributed by atoms with Gasteiger partial charge in [0, 0.05) is 55.1 Å². The summed E-state index contributed by atoms with van der Waals surface area (Å²) in [4.78, 5) is 16.6. The zero-order chi connectivity index (χ0) is 23.0. The molecular formula is C26H24FN5O. The normalized spacial score (nSPS) is 13.9. The molecule has 1 saturated heterocycles. The Labute approximate surface area is 192 Å². The van der Waals surface area contributed by atoms with Crippen LogP contribution in [0.15, 0.2) is 90.6 Å². The minimum atomic E-state index is -0.300. The minimum absolute atomic E-state index is 0.0525. The number of rotatable bonds is 6. The third kappa shape index (κ3) is 5.69. The molecule has 0 spiro atoms. The van der Waals surface area contributed by atoms with Crippen molar-refractivity contribution in [2.24, 2.45) is 0 Å². The highest BCUT2D eigenvalue weighted by Crippen LogP contribution is 2.20. The fraction of sp³-hybridized carbons (Fsp3) is 0.154. The number of benzene rings is 3. The molecule has 3 aromatic rings. The van der Waals surface area contributed by atoms with E-state index in [0.717, 1.165) is 22.7 Å². The SMILES string of the molecule is N#C/C(=C/Nc1ccc(Nc2ccccc2)cc1)C(=O)N1CCN(c2ccc(F)cc2)CC1. The fourth-order valence-corrected chi connectivity index (χ4v) is 3.63. The van der Waals surface area contributed by atoms with Crippen LogP contribution in [0.25, 0.3) is 0 Å². The van der Waals surface area contributed by atoms with Crippen molar-refractivity contribution < 1.29 is 9.18 Å². The number of hydrogen-bond donors (Lipinski definition) is 2. The molecule has 2 N–H and O–H groups in total. The van der Waals surface area contributed by atoms with Crippen molar-refractivity contribution in [2.75, 3.05) is 41.7 Å². The highest BCUT2D eigenvalue weighted by Gasteiger charge is 2.23. The van der Waals surface area contributed by atoms with E-state index in [1.54, 1.807) is 17.0 Å². The lowest BCUT2D eigenvalue weighted by atomic mass is 10.2. The van der Waals surface area contributed by atoms with Crippen LogP contribution in [-0.2, 0) is 4.79 Å². The van der Waals surface area contributed by atoms with E-state index in [1.165, 1.54) is 18.3 Å². The molecule has 1 amide bonds. The number of para-hydroxylation sites is 1. The second-order valence-electron chi connectivity index (χ2n) is 7.64. The maximum Gasteiger partial charge on any atom is 0.266 e. The van der Waals surface area contributed by atoms with Crippen LogP contribution in [0.1, 0.15) is 0 Å². The Hall–Kier alpha value is -4.31. The Morgan fingerprint density at radius 3 is 2.09 bits per heavy atom. The van der Waals surface area contributed by atoms with Crippen LogP contribution in [0.4, 0.5) is 27.1 Å². The number of hydrogen-bond acceptors (Lipinski definition) is 5. The summed E-state index contributed by atoms with van der Waals surface area (Å²) < 4.78 is 13.1. The predicted molar refractivity (Wildman–Crippen MR) is 129 cm³/mol. The van der Waals surface area contributed by atoms with E-state index in [1.807, 2.05) is 60.7 Å². The second kappa shape index (κ2) is 10.3. The van der Waals surface area contributed by atoms with Gasteiger partial charge < -0.3 is 20.4 Å². The standard InChI is InChI=1S/C26H24FN5O/c27-21-6-12-25(13-7-21)31-14-16-32(17-15-31)26(33)20(18-28)19-29-22-8-10-24(11-9-22)30-23-4-2-1-3-5-23/h1-13,19,29-30H,14-17H2/b20-19-. The van der Waals surface area contributed by atoms with Gasteiger partial charge in [-0.25, -0.2) is 4.39 Å². The van der Waals surface area contributed by atoms with Crippen molar-refractivity contribution in [3.8, 4) is 6.07 Å². The number of nitriles is 1. The van der Waals surface area contributed by atoms with Gasteiger partial charge in [0.05, 0.1) is 0 Å². The molecule has 4 rings (SSSR count). The van der Waals surface area contributed by atoms with Crippen molar-refractivity contribution in [1.29, 1.82) is 5.26 Å². The Morgan fingerprint density at radius 2 is 1.45 bits per heavy atom. The van der Waals surface area contributed by atoms with Gasteiger partial charge in [-0.3, -0.25) is 4.79 Å². The molecule has 0 aromatic heterocycles. The number of halogens is 1. The van der Waals surface area contributed by atoms with Crippen LogP contribution in [-0.4, -0.2) is 37.0 Å². The Morgan fingerprint density at radius 1 is 0.848 bits per heavy atom. The maximum absolute atomic E-state index is 13.1. The summed E-state index contributed by atoms with van der Waals surface area (Å²) in [6, 6.07) is 25.8. The van der Waals surface area contributed by atoms with E-state index in [2.05, 4.69) is 15.5 Å². The van der Waals surface area contributed by atoms with Crippen molar-refractivity contribution in [3.05, 3.63) is 96.5 Å². The number of amides is 1. The first-order valence-electron chi connectivity index (χ1n) is 10.7. The molecule has 3 aromatic carbocycles. The van der Waals surface area contributed by atoms with Gasteiger partial charge in [-0.15, -0.1) is 0 Å². The average molecular weight is 442 g/mol. The number of nitrogens with zero attached hydrogens (tertiary/aromatic N) is 3. The van der Waals surface area contributed by atoms with Gasteiger partial charge in [0.2, 0.25) is 0 Å². The molecule has 1 heterocycles. The molecule has 1 fully saturated rings. The van der Waals surface area contributed by atoms with E-state index in [4.69, 9.17) is 0 Å². The van der Waals surface area contributed by atoms with Gasteiger partial charge in [-0.2, -0.15) is 5.26 Å². The topological polar surface area (TPSA) is 71.4 Å². The fourth-order valence-electron chi connectivity index (χ4n) is 3.63. The molecule has 1 aliphatic rings. The number of anilines is 4. The molecule has 1 aliphatic heterocycles. The van der Waals surface area contributed by atoms with E-state index in [-0.39, 0.29) is 17.3 Å². The van der Waals surface area contributed by atoms with Crippen LogP contribution in [0.3, 0.4) is 0 Å². The van der Waals surface area contributed by atoms with E-state index < -0.39 is 0 Å². The molecule has 166 valence electrons. The number of carbonyl (C=O) groups excluding carboxylic acids is 1. The predicted octanol–water partition coefficient (Wildman–Crippen LogP) is 4.74. The van der Waals surface area contributed by atoms with Crippen molar-refractivity contribution in [2.45, 2.75) is 0 Å². The lowest BCUT2D eigenvalue weighted by Gasteiger charge is -2.36. The summed E-state index contributed by atoms with van der Waals surface area (Å²) in [5, 5.41) is 15.9. The van der Waals surface area contributed by atoms with E-state index in [9.17, 15) is 14.4 Å². The third-order valence-electron chi connectivity index (χ3n) is 5.44. The van der Waals surface area contributed by atoms with Gasteiger partial charge in [0.1, 0.15) is 17.5 Å². The largest absolute Gasteiger partial charge is 0.368 e. The summed E-state index contributed by atoms with van der Waals surface area (Å²) in [7, 11) is 0. The first-order chi connectivity index (χ1) is 16.1. The summed E-state index contributed by atoms with van der Waals surface area (Å²) >= 11 is 0. The van der Waals surface area contributed by atoms with Crippen LogP contribution in [0, 0.1) is 17.1 Å². The van der Waals surface area contributed by atoms with Crippen LogP contribution < -0.4 is 15.5 Å². The smallest absolute Gasteiger partial charge is 0.266 e. The van der Waals surface area contributed by atoms with E-state index in [0.29, 0.717) is 26.2 Å². The van der Waals surface area contributed by atoms with Gasteiger partial charge in [0.25, 0.3) is 5.91 Å². The van der Waals surface area contributed by atoms with Crippen molar-refractivity contribution >= 4 is 28.7 Å². The summed E-state index contributed by atoms with van der Waals surface area (Å²) in [6.07, 6.45) is 1.45. The summed E-state index contributed by atoms with van der Waals surface area (Å²) in [5.74, 6) is -0.572. The molecule has 0 aliphatic carbocycles. The maximum atomic E-state index is 13.1. The molecule has 0 radical (unpaired) electrons. The molecular weight excluding hydrogens is 417 g/mol. The van der Waals surface area contributed by atoms with Gasteiger partial charge in [-0.05, 0) is 60.7 Å². The zero-order valence-electron chi connectivity index (χ0n) is 18.0. The molecule has 0 atom stereocenters. The molecule has 7 heteroatoms. The highest BCUT2D eigenvalue weighted by molar-refractivity contribution is 5.97. The first-order valence-corrected chi connectivity index (χ1v) is 10.7. The lowest BCUT2D eigenvalue weighted by molar-refractivity contribution is -0.127. The van der Waals surface area contributed by atoms with Gasteiger partial charge in [-0.1, -0.05) is 18.2 Å². The molecule has 33 heavy (non-hydrogen) atoms. The lowest BCUT2D eigenvalue weighted by Crippen LogP contribution is -2.49. The highest BCUT2D eigenvalue weighted by atomic mass is 19.1. The van der Waals surface area contributed by atoms with Crippen LogP contribution in [0.2, 0.25) is 0 Å². The van der Waals surface area contributed by atoms with Gasteiger partial charge >= 0.3 is 0 Å². The number of carbonyl (C=O) groups is 1. The minimum Gasteiger partial charge on any atom is -0.368 e. The van der Waals surface area contributed by atoms with Gasteiger partial charge in [0.15, 0.2) is 0 Å². The molecule has 0 bridgehead atoms. The third-order valence-corrected chi connectivity index (χ3v) is 5.44. The summed E-state index contributed by atoms with van der Waals surface area (Å²) in [6.45, 7) is 2.24. The summed E-state index contributed by atoms with van der Waals surface area (Å²) in [5.41, 5.74) is 3.68. The first kappa shape index (κ1) is 21.9. The van der Waals surface area contributed by atoms with E-state index >= 15 is 0 Å². The quantitative estimate of drug-likeness (QED) is 0.427. The number of nitrogens with one attached hydrogen (secondary N) is 2. The van der Waals surface area contributed by atoms with Crippen LogP contribution in [0.5, 0.6) is 0 Å². The zero-order valence-corrected chi connectivity index (χ0v) is 18.0. The Kier molecular flexibility index (Phi) is 6.86. The van der Waals surface area contributed by atoms with Crippen molar-refractivity contribution in [1.82, 2.24) is 4.90 Å². The Balaban J connectivity index is 1.32.